The van der Waals surface area contributed by atoms with Gasteiger partial charge in [0.05, 0.1) is 0 Å². The van der Waals surface area contributed by atoms with Crippen LogP contribution in [-0.2, 0) is 9.71 Å². The number of alkyl halides is 3. The van der Waals surface area contributed by atoms with E-state index < -0.39 is 21.6 Å². The quantitative estimate of drug-likeness (QED) is 0.656. The van der Waals surface area contributed by atoms with Crippen molar-refractivity contribution in [3.05, 3.63) is 35.8 Å². The molecule has 1 unspecified atom stereocenters. The van der Waals surface area contributed by atoms with Crippen LogP contribution in [0.25, 0.3) is 10.9 Å². The first-order chi connectivity index (χ1) is 11.2. The Morgan fingerprint density at radius 2 is 1.96 bits per heavy atom. The molecule has 0 amide bonds. The fraction of sp³-hybridized carbons (Fsp3) is 0.438. The van der Waals surface area contributed by atoms with Crippen LogP contribution >= 0.6 is 0 Å². The molecule has 2 aromatic rings. The Morgan fingerprint density at radius 3 is 2.58 bits per heavy atom. The van der Waals surface area contributed by atoms with Gasteiger partial charge in [-0.2, -0.15) is 13.2 Å². The number of H-pyrrole nitrogens is 1. The summed E-state index contributed by atoms with van der Waals surface area (Å²) in [6.07, 6.45) is -1.48. The molecule has 3 nitrogen and oxygen atoms in total. The zero-order valence-electron chi connectivity index (χ0n) is 12.9. The lowest BCUT2D eigenvalue weighted by Crippen LogP contribution is -2.42. The highest BCUT2D eigenvalue weighted by Gasteiger charge is 2.36. The van der Waals surface area contributed by atoms with Crippen molar-refractivity contribution in [3.8, 4) is 0 Å². The molecule has 1 atom stereocenters. The van der Waals surface area contributed by atoms with Crippen LogP contribution < -0.4 is 0 Å². The SMILES string of the molecule is C=S(=O)(CC(F)(F)F)N1CCC(c2c[nH]c3cc(F)ccc23)CC1. The Labute approximate surface area is 137 Å². The minimum Gasteiger partial charge on any atom is -0.361 e. The summed E-state index contributed by atoms with van der Waals surface area (Å²) in [5.41, 5.74) is 1.72. The summed E-state index contributed by atoms with van der Waals surface area (Å²) in [7, 11) is -3.33. The van der Waals surface area contributed by atoms with Gasteiger partial charge in [0.2, 0.25) is 0 Å². The van der Waals surface area contributed by atoms with E-state index >= 15 is 0 Å². The largest absolute Gasteiger partial charge is 0.401 e. The predicted molar refractivity (Wildman–Crippen MR) is 88.0 cm³/mol. The van der Waals surface area contributed by atoms with Crippen LogP contribution in [0.5, 0.6) is 0 Å². The first kappa shape index (κ1) is 17.3. The van der Waals surface area contributed by atoms with Gasteiger partial charge in [-0.15, -0.1) is 0 Å². The normalized spacial score (nSPS) is 20.3. The molecule has 1 aliphatic heterocycles. The highest BCUT2D eigenvalue weighted by Crippen LogP contribution is 2.34. The number of piperidine rings is 1. The highest BCUT2D eigenvalue weighted by atomic mass is 32.2. The van der Waals surface area contributed by atoms with Gasteiger partial charge in [-0.25, -0.2) is 8.70 Å². The summed E-state index contributed by atoms with van der Waals surface area (Å²) in [4.78, 5) is 3.03. The zero-order valence-corrected chi connectivity index (χ0v) is 13.7. The average molecular weight is 362 g/mol. The topological polar surface area (TPSA) is 36.1 Å². The van der Waals surface area contributed by atoms with E-state index in [1.165, 1.54) is 16.4 Å². The van der Waals surface area contributed by atoms with E-state index in [0.29, 0.717) is 31.4 Å². The van der Waals surface area contributed by atoms with Gasteiger partial charge in [0.1, 0.15) is 11.6 Å². The van der Waals surface area contributed by atoms with Gasteiger partial charge in [-0.05, 0) is 48.4 Å². The Kier molecular flexibility index (Phi) is 4.37. The van der Waals surface area contributed by atoms with E-state index in [1.807, 2.05) is 6.20 Å². The number of hydrogen-bond acceptors (Lipinski definition) is 1. The van der Waals surface area contributed by atoms with E-state index in [4.69, 9.17) is 0 Å². The van der Waals surface area contributed by atoms with E-state index in [2.05, 4.69) is 10.9 Å². The van der Waals surface area contributed by atoms with E-state index in [0.717, 1.165) is 10.9 Å². The van der Waals surface area contributed by atoms with E-state index in [1.54, 1.807) is 6.07 Å². The molecule has 24 heavy (non-hydrogen) atoms. The summed E-state index contributed by atoms with van der Waals surface area (Å²) < 4.78 is 64.4. The first-order valence-corrected chi connectivity index (χ1v) is 9.44. The smallest absolute Gasteiger partial charge is 0.361 e. The van der Waals surface area contributed by atoms with Crippen LogP contribution in [0.3, 0.4) is 0 Å². The monoisotopic (exact) mass is 362 g/mol. The van der Waals surface area contributed by atoms with E-state index in [9.17, 15) is 21.8 Å². The number of nitrogens with zero attached hydrogens (tertiary/aromatic N) is 1. The maximum atomic E-state index is 13.2. The van der Waals surface area contributed by atoms with Crippen LogP contribution in [-0.4, -0.2) is 44.4 Å². The Hall–Kier alpha value is -1.54. The van der Waals surface area contributed by atoms with Gasteiger partial charge >= 0.3 is 6.18 Å². The zero-order chi connectivity index (χ0) is 17.5. The third kappa shape index (κ3) is 3.59. The number of benzene rings is 1. The first-order valence-electron chi connectivity index (χ1n) is 7.59. The minimum absolute atomic E-state index is 0.140. The summed E-state index contributed by atoms with van der Waals surface area (Å²) in [6.45, 7) is 0.605. The van der Waals surface area contributed by atoms with Crippen molar-refractivity contribution >= 4 is 26.5 Å². The fourth-order valence-corrected chi connectivity index (χ4v) is 4.88. The van der Waals surface area contributed by atoms with Crippen LogP contribution in [0.15, 0.2) is 24.4 Å². The lowest BCUT2D eigenvalue weighted by atomic mass is 9.90. The van der Waals surface area contributed by atoms with Gasteiger partial charge in [-0.3, -0.25) is 4.21 Å². The van der Waals surface area contributed by atoms with Crippen molar-refractivity contribution in [2.75, 3.05) is 18.8 Å². The van der Waals surface area contributed by atoms with Gasteiger partial charge in [0.25, 0.3) is 0 Å². The highest BCUT2D eigenvalue weighted by molar-refractivity contribution is 7.98. The molecule has 0 saturated carbocycles. The molecule has 0 spiro atoms. The molecule has 1 aromatic carbocycles. The van der Waals surface area contributed by atoms with E-state index in [-0.39, 0.29) is 11.7 Å². The molecule has 1 aliphatic rings. The Bertz CT molecular complexity index is 833. The Morgan fingerprint density at radius 1 is 1.29 bits per heavy atom. The number of fused-ring (bicyclic) bond motifs is 1. The number of halogens is 4. The van der Waals surface area contributed by atoms with Crippen LogP contribution in [0.1, 0.15) is 24.3 Å². The van der Waals surface area contributed by atoms with Crippen molar-refractivity contribution < 1.29 is 21.8 Å². The summed E-state index contributed by atoms with van der Waals surface area (Å²) in [6, 6.07) is 4.51. The van der Waals surface area contributed by atoms with Crippen LogP contribution in [0.2, 0.25) is 0 Å². The molecule has 0 aliphatic carbocycles. The molecule has 132 valence electrons. The number of rotatable bonds is 3. The standard InChI is InChI=1S/C16H18F4N2OS/c1-24(23,10-16(18,19)20)22-6-4-11(5-7-22)14-9-21-15-8-12(17)2-3-13(14)15/h2-3,8-9,11,21H,1,4-7,10H2. The van der Waals surface area contributed by atoms with Crippen LogP contribution in [0, 0.1) is 5.82 Å². The molecular formula is C16H18F4N2OS. The van der Waals surface area contributed by atoms with Crippen LogP contribution in [0.4, 0.5) is 17.6 Å². The molecule has 1 saturated heterocycles. The van der Waals surface area contributed by atoms with Crippen molar-refractivity contribution in [3.63, 3.8) is 0 Å². The minimum atomic E-state index is -4.49. The van der Waals surface area contributed by atoms with Gasteiger partial charge in [0.15, 0.2) is 0 Å². The molecule has 0 bridgehead atoms. The molecule has 8 heteroatoms. The van der Waals surface area contributed by atoms with Crippen molar-refractivity contribution in [1.82, 2.24) is 9.29 Å². The summed E-state index contributed by atoms with van der Waals surface area (Å²) in [5, 5.41) is 0.917. The lowest BCUT2D eigenvalue weighted by Gasteiger charge is -2.34. The van der Waals surface area contributed by atoms with Crippen molar-refractivity contribution in [2.24, 2.45) is 0 Å². The summed E-state index contributed by atoms with van der Waals surface area (Å²) in [5.74, 6) is 1.75. The fourth-order valence-electron chi connectivity index (χ4n) is 3.31. The molecule has 1 N–H and O–H groups in total. The third-order valence-corrected chi connectivity index (χ3v) is 6.51. The molecule has 2 heterocycles. The van der Waals surface area contributed by atoms with Crippen molar-refractivity contribution in [2.45, 2.75) is 24.9 Å². The second-order valence-corrected chi connectivity index (χ2v) is 8.52. The van der Waals surface area contributed by atoms with Gasteiger partial charge in [-0.1, -0.05) is 0 Å². The number of hydrogen-bond donors (Lipinski definition) is 1. The lowest BCUT2D eigenvalue weighted by molar-refractivity contribution is -0.106. The number of nitrogens with one attached hydrogen (secondary N) is 1. The second kappa shape index (κ2) is 6.07. The molecule has 3 rings (SSSR count). The maximum absolute atomic E-state index is 13.2. The molecule has 0 radical (unpaired) electrons. The molecular weight excluding hydrogens is 344 g/mol. The summed E-state index contributed by atoms with van der Waals surface area (Å²) >= 11 is 0. The average Bonchev–Trinajstić information content (AvgIpc) is 2.87. The Balaban J connectivity index is 1.73. The third-order valence-electron chi connectivity index (χ3n) is 4.43. The molecule has 1 fully saturated rings. The van der Waals surface area contributed by atoms with Crippen molar-refractivity contribution in [1.29, 1.82) is 0 Å². The second-order valence-electron chi connectivity index (χ2n) is 6.17. The molecule has 1 aromatic heterocycles. The number of aromatic nitrogens is 1. The predicted octanol–water partition coefficient (Wildman–Crippen LogP) is 3.68. The van der Waals surface area contributed by atoms with Gasteiger partial charge in [0, 0.05) is 39.9 Å². The van der Waals surface area contributed by atoms with Gasteiger partial charge < -0.3 is 4.98 Å². The number of aromatic amines is 1. The maximum Gasteiger partial charge on any atom is 0.401 e.